The minimum absolute atomic E-state index is 0.0582. The summed E-state index contributed by atoms with van der Waals surface area (Å²) in [5, 5.41) is 11.1. The van der Waals surface area contributed by atoms with Gasteiger partial charge in [-0.1, -0.05) is 32.0 Å². The van der Waals surface area contributed by atoms with Crippen LogP contribution in [0.5, 0.6) is 0 Å². The Morgan fingerprint density at radius 2 is 2.04 bits per heavy atom. The molecule has 2 aromatic heterocycles. The Bertz CT molecular complexity index is 890. The minimum atomic E-state index is 0.0582. The van der Waals surface area contributed by atoms with E-state index in [4.69, 9.17) is 0 Å². The van der Waals surface area contributed by atoms with Crippen LogP contribution in [0.15, 0.2) is 55.1 Å². The molecule has 1 amide bonds. The van der Waals surface area contributed by atoms with Gasteiger partial charge in [-0.2, -0.15) is 0 Å². The third kappa shape index (κ3) is 2.96. The van der Waals surface area contributed by atoms with E-state index in [2.05, 4.69) is 34.4 Å². The second-order valence-corrected chi connectivity index (χ2v) is 7.30. The molecule has 1 atom stereocenters. The maximum atomic E-state index is 12.8. The van der Waals surface area contributed by atoms with Gasteiger partial charge in [0.1, 0.15) is 6.33 Å². The predicted octanol–water partition coefficient (Wildman–Crippen LogP) is 2.21. The van der Waals surface area contributed by atoms with Crippen molar-refractivity contribution in [3.63, 3.8) is 0 Å². The van der Waals surface area contributed by atoms with Crippen LogP contribution in [0.4, 0.5) is 0 Å². The van der Waals surface area contributed by atoms with Crippen molar-refractivity contribution in [2.24, 2.45) is 5.41 Å². The van der Waals surface area contributed by atoms with Crippen LogP contribution in [0.3, 0.4) is 0 Å². The summed E-state index contributed by atoms with van der Waals surface area (Å²) in [5.41, 5.74) is 2.99. The smallest absolute Gasteiger partial charge is 0.227 e. The van der Waals surface area contributed by atoms with Crippen LogP contribution in [-0.4, -0.2) is 42.5 Å². The molecule has 1 aliphatic heterocycles. The topological polar surface area (TPSA) is 76.8 Å². The van der Waals surface area contributed by atoms with E-state index in [-0.39, 0.29) is 17.4 Å². The SMILES string of the molecule is CC1(C)CN(C(=O)Cc2ccc(-n3cnnn3)cc2)C1c1cccnc1. The summed E-state index contributed by atoms with van der Waals surface area (Å²) in [5.74, 6) is 0.133. The molecule has 7 nitrogen and oxygen atoms in total. The monoisotopic (exact) mass is 348 g/mol. The fourth-order valence-corrected chi connectivity index (χ4v) is 3.65. The highest BCUT2D eigenvalue weighted by Gasteiger charge is 2.48. The molecule has 7 heteroatoms. The molecule has 132 valence electrons. The summed E-state index contributed by atoms with van der Waals surface area (Å²) < 4.78 is 1.59. The largest absolute Gasteiger partial charge is 0.334 e. The molecule has 1 saturated heterocycles. The maximum absolute atomic E-state index is 12.8. The van der Waals surface area contributed by atoms with E-state index < -0.39 is 0 Å². The van der Waals surface area contributed by atoms with Crippen molar-refractivity contribution in [2.75, 3.05) is 6.54 Å². The Morgan fingerprint density at radius 1 is 1.23 bits per heavy atom. The fraction of sp³-hybridized carbons (Fsp3) is 0.316. The zero-order chi connectivity index (χ0) is 18.1. The number of rotatable bonds is 4. The quantitative estimate of drug-likeness (QED) is 0.722. The molecule has 0 radical (unpaired) electrons. The second-order valence-electron chi connectivity index (χ2n) is 7.30. The maximum Gasteiger partial charge on any atom is 0.227 e. The second kappa shape index (κ2) is 6.33. The Morgan fingerprint density at radius 3 is 2.65 bits per heavy atom. The van der Waals surface area contributed by atoms with Crippen molar-refractivity contribution in [1.82, 2.24) is 30.1 Å². The lowest BCUT2D eigenvalue weighted by Gasteiger charge is -2.54. The van der Waals surface area contributed by atoms with Gasteiger partial charge in [0.2, 0.25) is 5.91 Å². The van der Waals surface area contributed by atoms with E-state index in [9.17, 15) is 4.79 Å². The molecule has 3 heterocycles. The molecule has 0 saturated carbocycles. The van der Waals surface area contributed by atoms with Gasteiger partial charge in [0.15, 0.2) is 0 Å². The summed E-state index contributed by atoms with van der Waals surface area (Å²) in [6.45, 7) is 5.14. The molecule has 0 bridgehead atoms. The van der Waals surface area contributed by atoms with Crippen LogP contribution < -0.4 is 0 Å². The van der Waals surface area contributed by atoms with Crippen LogP contribution in [0.25, 0.3) is 5.69 Å². The van der Waals surface area contributed by atoms with Gasteiger partial charge in [-0.25, -0.2) is 4.68 Å². The summed E-state index contributed by atoms with van der Waals surface area (Å²) >= 11 is 0. The Hall–Kier alpha value is -3.09. The molecule has 4 rings (SSSR count). The van der Waals surface area contributed by atoms with Gasteiger partial charge in [0.25, 0.3) is 0 Å². The van der Waals surface area contributed by atoms with E-state index in [1.807, 2.05) is 47.5 Å². The Labute approximate surface area is 151 Å². The van der Waals surface area contributed by atoms with Gasteiger partial charge in [-0.15, -0.1) is 5.10 Å². The molecular weight excluding hydrogens is 328 g/mol. The predicted molar refractivity (Wildman–Crippen MR) is 95.3 cm³/mol. The van der Waals surface area contributed by atoms with Crippen molar-refractivity contribution >= 4 is 5.91 Å². The van der Waals surface area contributed by atoms with Crippen molar-refractivity contribution in [1.29, 1.82) is 0 Å². The zero-order valence-electron chi connectivity index (χ0n) is 14.8. The normalized spacial score (nSPS) is 18.4. The molecule has 1 aromatic carbocycles. The van der Waals surface area contributed by atoms with Crippen molar-refractivity contribution in [2.45, 2.75) is 26.3 Å². The first kappa shape index (κ1) is 16.4. The van der Waals surface area contributed by atoms with Gasteiger partial charge in [-0.05, 0) is 39.8 Å². The third-order valence-corrected chi connectivity index (χ3v) is 4.86. The molecule has 0 spiro atoms. The van der Waals surface area contributed by atoms with Crippen LogP contribution in [0, 0.1) is 5.41 Å². The molecule has 1 aliphatic rings. The lowest BCUT2D eigenvalue weighted by Crippen LogP contribution is -2.58. The first-order chi connectivity index (χ1) is 12.5. The molecule has 0 aliphatic carbocycles. The number of amides is 1. The number of tetrazole rings is 1. The van der Waals surface area contributed by atoms with Crippen LogP contribution >= 0.6 is 0 Å². The number of nitrogens with zero attached hydrogens (tertiary/aromatic N) is 6. The number of aromatic nitrogens is 5. The Balaban J connectivity index is 1.48. The molecule has 26 heavy (non-hydrogen) atoms. The molecular formula is C19H20N6O. The summed E-state index contributed by atoms with van der Waals surface area (Å²) in [4.78, 5) is 19.0. The van der Waals surface area contributed by atoms with E-state index in [1.54, 1.807) is 17.2 Å². The average Bonchev–Trinajstić information content (AvgIpc) is 3.16. The number of carbonyl (C=O) groups is 1. The molecule has 0 N–H and O–H groups in total. The molecule has 1 unspecified atom stereocenters. The van der Waals surface area contributed by atoms with Crippen LogP contribution in [0.2, 0.25) is 0 Å². The molecule has 1 fully saturated rings. The Kier molecular flexibility index (Phi) is 3.99. The summed E-state index contributed by atoms with van der Waals surface area (Å²) in [6.07, 6.45) is 5.53. The van der Waals surface area contributed by atoms with Crippen molar-refractivity contribution < 1.29 is 4.79 Å². The van der Waals surface area contributed by atoms with E-state index >= 15 is 0 Å². The zero-order valence-corrected chi connectivity index (χ0v) is 14.8. The first-order valence-corrected chi connectivity index (χ1v) is 8.56. The third-order valence-electron chi connectivity index (χ3n) is 4.86. The highest BCUT2D eigenvalue weighted by atomic mass is 16.2. The van der Waals surface area contributed by atoms with E-state index in [1.165, 1.54) is 0 Å². The lowest BCUT2D eigenvalue weighted by molar-refractivity contribution is -0.151. The van der Waals surface area contributed by atoms with Gasteiger partial charge in [-0.3, -0.25) is 9.78 Å². The number of benzene rings is 1. The van der Waals surface area contributed by atoms with Gasteiger partial charge >= 0.3 is 0 Å². The van der Waals surface area contributed by atoms with Gasteiger partial charge in [0, 0.05) is 24.4 Å². The summed E-state index contributed by atoms with van der Waals surface area (Å²) in [6, 6.07) is 11.8. The number of hydrogen-bond acceptors (Lipinski definition) is 5. The standard InChI is InChI=1S/C19H20N6O/c1-19(2)12-24(18(19)15-4-3-9-20-11-15)17(26)10-14-5-7-16(8-6-14)25-13-21-22-23-25/h3-9,11,13,18H,10,12H2,1-2H3. The highest BCUT2D eigenvalue weighted by Crippen LogP contribution is 2.48. The van der Waals surface area contributed by atoms with Crippen molar-refractivity contribution in [3.05, 3.63) is 66.2 Å². The number of pyridine rings is 1. The lowest BCUT2D eigenvalue weighted by atomic mass is 9.71. The minimum Gasteiger partial charge on any atom is -0.334 e. The van der Waals surface area contributed by atoms with E-state index in [0.717, 1.165) is 23.4 Å². The number of carbonyl (C=O) groups excluding carboxylic acids is 1. The number of hydrogen-bond donors (Lipinski definition) is 0. The van der Waals surface area contributed by atoms with Gasteiger partial charge in [0.05, 0.1) is 18.2 Å². The van der Waals surface area contributed by atoms with E-state index in [0.29, 0.717) is 6.42 Å². The van der Waals surface area contributed by atoms with Gasteiger partial charge < -0.3 is 4.90 Å². The summed E-state index contributed by atoms with van der Waals surface area (Å²) in [7, 11) is 0. The van der Waals surface area contributed by atoms with Crippen LogP contribution in [-0.2, 0) is 11.2 Å². The van der Waals surface area contributed by atoms with Crippen molar-refractivity contribution in [3.8, 4) is 5.69 Å². The fourth-order valence-electron chi connectivity index (χ4n) is 3.65. The number of likely N-dealkylation sites (tertiary alicyclic amines) is 1. The van der Waals surface area contributed by atoms with Crippen LogP contribution in [0.1, 0.15) is 31.0 Å². The molecule has 3 aromatic rings. The highest BCUT2D eigenvalue weighted by molar-refractivity contribution is 5.80. The average molecular weight is 348 g/mol. The first-order valence-electron chi connectivity index (χ1n) is 8.56.